The molecule has 4 rings (SSSR count). The van der Waals surface area contributed by atoms with Gasteiger partial charge in [-0.15, -0.1) is 0 Å². The van der Waals surface area contributed by atoms with Gasteiger partial charge in [0, 0.05) is 34.9 Å². The second kappa shape index (κ2) is 9.03. The van der Waals surface area contributed by atoms with Crippen molar-refractivity contribution in [2.45, 2.75) is 55.9 Å². The van der Waals surface area contributed by atoms with E-state index in [1.807, 2.05) is 36.0 Å². The summed E-state index contributed by atoms with van der Waals surface area (Å²) >= 11 is 1.86. The van der Waals surface area contributed by atoms with Crippen LogP contribution >= 0.6 is 11.8 Å². The number of para-hydroxylation sites is 1. The quantitative estimate of drug-likeness (QED) is 0.655. The van der Waals surface area contributed by atoms with Crippen LogP contribution in [-0.2, 0) is 20.1 Å². The number of furan rings is 1. The molecule has 154 valence electrons. The molecule has 2 amide bonds. The lowest BCUT2D eigenvalue weighted by molar-refractivity contribution is -0.143. The number of carbonyl (C=O) groups excluding carboxylic acids is 3. The molecule has 6 nitrogen and oxygen atoms in total. The summed E-state index contributed by atoms with van der Waals surface area (Å²) in [6.45, 7) is -0.0556. The number of esters is 1. The summed E-state index contributed by atoms with van der Waals surface area (Å²) in [5, 5.41) is 1.51. The third-order valence-electron chi connectivity index (χ3n) is 5.60. The highest BCUT2D eigenvalue weighted by atomic mass is 32.2. The number of nitrogens with zero attached hydrogens (tertiary/aromatic N) is 1. The molecule has 29 heavy (non-hydrogen) atoms. The fourth-order valence-electron chi connectivity index (χ4n) is 4.02. The molecule has 1 aliphatic heterocycles. The first-order chi connectivity index (χ1) is 14.1. The van der Waals surface area contributed by atoms with E-state index in [2.05, 4.69) is 0 Å². The van der Waals surface area contributed by atoms with Gasteiger partial charge in [0.05, 0.1) is 0 Å². The minimum absolute atomic E-state index is 0.162. The van der Waals surface area contributed by atoms with Gasteiger partial charge in [-0.1, -0.05) is 37.5 Å². The van der Waals surface area contributed by atoms with E-state index in [-0.39, 0.29) is 11.7 Å². The molecule has 1 aromatic carbocycles. The van der Waals surface area contributed by atoms with Crippen LogP contribution in [0.5, 0.6) is 0 Å². The van der Waals surface area contributed by atoms with Crippen LogP contribution in [0.2, 0.25) is 0 Å². The van der Waals surface area contributed by atoms with Gasteiger partial charge in [0.15, 0.2) is 6.61 Å². The van der Waals surface area contributed by atoms with Crippen LogP contribution in [0.1, 0.15) is 61.1 Å². The minimum atomic E-state index is -0.652. The molecular weight excluding hydrogens is 390 g/mol. The first kappa shape index (κ1) is 20.0. The normalized spacial score (nSPS) is 17.8. The number of carbonyl (C=O) groups is 3. The Morgan fingerprint density at radius 2 is 1.93 bits per heavy atom. The monoisotopic (exact) mass is 415 g/mol. The molecule has 0 bridgehead atoms. The lowest BCUT2D eigenvalue weighted by Gasteiger charge is -2.20. The van der Waals surface area contributed by atoms with Crippen LogP contribution in [0.15, 0.2) is 28.7 Å². The van der Waals surface area contributed by atoms with Gasteiger partial charge in [-0.05, 0) is 25.3 Å². The van der Waals surface area contributed by atoms with Gasteiger partial charge in [-0.25, -0.2) is 4.79 Å². The lowest BCUT2D eigenvalue weighted by atomic mass is 10.0. The molecule has 0 N–H and O–H groups in total. The highest BCUT2D eigenvalue weighted by molar-refractivity contribution is 7.99. The zero-order valence-electron chi connectivity index (χ0n) is 16.4. The molecule has 2 aliphatic rings. The van der Waals surface area contributed by atoms with E-state index in [9.17, 15) is 14.4 Å². The Balaban J connectivity index is 1.47. The maximum absolute atomic E-state index is 12.7. The fourth-order valence-corrected chi connectivity index (χ4v) is 5.38. The third kappa shape index (κ3) is 4.50. The Morgan fingerprint density at radius 1 is 1.14 bits per heavy atom. The van der Waals surface area contributed by atoms with Crippen molar-refractivity contribution in [3.8, 4) is 0 Å². The number of fused-ring (bicyclic) bond motifs is 1. The molecule has 0 atom stereocenters. The second-order valence-corrected chi connectivity index (χ2v) is 8.88. The van der Waals surface area contributed by atoms with E-state index in [4.69, 9.17) is 9.15 Å². The number of hydrogen-bond acceptors (Lipinski definition) is 6. The number of benzene rings is 1. The molecule has 0 spiro atoms. The van der Waals surface area contributed by atoms with Gasteiger partial charge >= 0.3 is 5.97 Å². The summed E-state index contributed by atoms with van der Waals surface area (Å²) in [6.07, 6.45) is 7.26. The Bertz CT molecular complexity index is 915. The van der Waals surface area contributed by atoms with E-state index >= 15 is 0 Å². The van der Waals surface area contributed by atoms with Gasteiger partial charge in [0.2, 0.25) is 11.7 Å². The largest absolute Gasteiger partial charge is 0.450 e. The second-order valence-electron chi connectivity index (χ2n) is 7.60. The van der Waals surface area contributed by atoms with Crippen molar-refractivity contribution in [2.75, 3.05) is 13.2 Å². The van der Waals surface area contributed by atoms with Crippen molar-refractivity contribution in [3.63, 3.8) is 0 Å². The number of thioether (sulfide) groups is 1. The third-order valence-corrected chi connectivity index (χ3v) is 7.00. The number of hydrogen-bond donors (Lipinski definition) is 0. The maximum Gasteiger partial charge on any atom is 0.375 e. The molecule has 2 fully saturated rings. The van der Waals surface area contributed by atoms with E-state index in [1.165, 1.54) is 32.1 Å². The zero-order chi connectivity index (χ0) is 20.2. The molecule has 0 radical (unpaired) electrons. The van der Waals surface area contributed by atoms with E-state index in [0.717, 1.165) is 15.8 Å². The average Bonchev–Trinajstić information content (AvgIpc) is 3.34. The van der Waals surface area contributed by atoms with Gasteiger partial charge in [0.25, 0.3) is 5.91 Å². The maximum atomic E-state index is 12.7. The van der Waals surface area contributed by atoms with E-state index in [0.29, 0.717) is 36.0 Å². The van der Waals surface area contributed by atoms with Crippen molar-refractivity contribution in [1.82, 2.24) is 4.90 Å². The van der Waals surface area contributed by atoms with Crippen LogP contribution in [0, 0.1) is 0 Å². The molecular formula is C22H25NO5S. The topological polar surface area (TPSA) is 76.8 Å². The Hall–Kier alpha value is -2.28. The van der Waals surface area contributed by atoms with Gasteiger partial charge in [0.1, 0.15) is 5.58 Å². The van der Waals surface area contributed by atoms with E-state index < -0.39 is 18.5 Å². The summed E-state index contributed by atoms with van der Waals surface area (Å²) in [5.41, 5.74) is 1.46. The molecule has 0 unspecified atom stereocenters. The molecule has 1 aromatic heterocycles. The van der Waals surface area contributed by atoms with Crippen molar-refractivity contribution in [3.05, 3.63) is 35.6 Å². The predicted molar refractivity (Wildman–Crippen MR) is 111 cm³/mol. The van der Waals surface area contributed by atoms with Gasteiger partial charge in [-0.3, -0.25) is 14.5 Å². The van der Waals surface area contributed by atoms with Crippen molar-refractivity contribution in [1.29, 1.82) is 0 Å². The fraction of sp³-hybridized carbons (Fsp3) is 0.500. The van der Waals surface area contributed by atoms with Gasteiger partial charge < -0.3 is 9.15 Å². The number of amides is 2. The van der Waals surface area contributed by atoms with Crippen LogP contribution in [0.3, 0.4) is 0 Å². The summed E-state index contributed by atoms with van der Waals surface area (Å²) in [7, 11) is 0. The van der Waals surface area contributed by atoms with Crippen molar-refractivity contribution in [2.24, 2.45) is 0 Å². The molecule has 1 saturated carbocycles. The van der Waals surface area contributed by atoms with Crippen molar-refractivity contribution < 1.29 is 23.5 Å². The Morgan fingerprint density at radius 3 is 2.69 bits per heavy atom. The first-order valence-electron chi connectivity index (χ1n) is 10.3. The molecule has 2 aromatic rings. The molecule has 2 heterocycles. The number of likely N-dealkylation sites (tertiary alicyclic amines) is 1. The standard InChI is InChI=1S/C22H25NO5S/c24-19-11-6-12-23(19)20(25)13-27-22(26)21-17(14-29-15-7-2-1-3-8-15)16-9-4-5-10-18(16)28-21/h4-5,9-10,15H,1-3,6-8,11-14H2. The number of rotatable bonds is 6. The van der Waals surface area contributed by atoms with E-state index in [1.54, 1.807) is 0 Å². The van der Waals surface area contributed by atoms with Crippen LogP contribution in [-0.4, -0.2) is 41.1 Å². The average molecular weight is 416 g/mol. The number of imide groups is 1. The lowest BCUT2D eigenvalue weighted by Crippen LogP contribution is -2.35. The summed E-state index contributed by atoms with van der Waals surface area (Å²) < 4.78 is 11.0. The smallest absolute Gasteiger partial charge is 0.375 e. The number of ether oxygens (including phenoxy) is 1. The zero-order valence-corrected chi connectivity index (χ0v) is 17.2. The SMILES string of the molecule is O=C(OCC(=O)N1CCCC1=O)c1oc2ccccc2c1CSC1CCCCC1. The highest BCUT2D eigenvalue weighted by Crippen LogP contribution is 2.35. The predicted octanol–water partition coefficient (Wildman–Crippen LogP) is 4.30. The molecule has 1 saturated heterocycles. The molecule has 1 aliphatic carbocycles. The Labute approximate surface area is 173 Å². The minimum Gasteiger partial charge on any atom is -0.450 e. The molecule has 7 heteroatoms. The summed E-state index contributed by atoms with van der Waals surface area (Å²) in [4.78, 5) is 37.7. The van der Waals surface area contributed by atoms with Crippen LogP contribution < -0.4 is 0 Å². The van der Waals surface area contributed by atoms with Crippen LogP contribution in [0.4, 0.5) is 0 Å². The van der Waals surface area contributed by atoms with Crippen LogP contribution in [0.25, 0.3) is 11.0 Å². The van der Waals surface area contributed by atoms with Gasteiger partial charge in [-0.2, -0.15) is 11.8 Å². The highest BCUT2D eigenvalue weighted by Gasteiger charge is 2.29. The first-order valence-corrected chi connectivity index (χ1v) is 11.3. The van der Waals surface area contributed by atoms with Crippen molar-refractivity contribution >= 4 is 40.5 Å². The summed E-state index contributed by atoms with van der Waals surface area (Å²) in [6, 6.07) is 7.56. The Kier molecular flexibility index (Phi) is 6.23. The summed E-state index contributed by atoms with van der Waals surface area (Å²) in [5.74, 6) is -0.505.